The van der Waals surface area contributed by atoms with E-state index < -0.39 is 0 Å². The van der Waals surface area contributed by atoms with Crippen molar-refractivity contribution in [2.45, 2.75) is 32.9 Å². The average Bonchev–Trinajstić information content (AvgIpc) is 2.45. The summed E-state index contributed by atoms with van der Waals surface area (Å²) in [6.07, 6.45) is 0. The number of rotatable bonds is 7. The van der Waals surface area contributed by atoms with Crippen molar-refractivity contribution in [1.29, 1.82) is 0 Å². The molecule has 108 valence electrons. The Labute approximate surface area is 115 Å². The minimum atomic E-state index is 0.143. The van der Waals surface area contributed by atoms with Crippen molar-refractivity contribution in [2.24, 2.45) is 5.92 Å². The molecule has 0 aliphatic rings. The largest absolute Gasteiger partial charge is 0.497 e. The zero-order valence-corrected chi connectivity index (χ0v) is 12.4. The van der Waals surface area contributed by atoms with Gasteiger partial charge >= 0.3 is 0 Å². The molecule has 19 heavy (non-hydrogen) atoms. The molecule has 4 heteroatoms. The maximum atomic E-state index is 9.18. The molecule has 1 aromatic carbocycles. The van der Waals surface area contributed by atoms with Crippen molar-refractivity contribution < 1.29 is 14.6 Å². The maximum Gasteiger partial charge on any atom is 0.127 e. The SMILES string of the molecule is COc1ccc(C(C)NC(C)C(C)CO)c(OC)c1. The Kier molecular flexibility index (Phi) is 6.12. The molecular formula is C15H25NO3. The van der Waals surface area contributed by atoms with E-state index in [-0.39, 0.29) is 24.6 Å². The van der Waals surface area contributed by atoms with E-state index in [1.807, 2.05) is 25.1 Å². The van der Waals surface area contributed by atoms with Crippen LogP contribution in [0.5, 0.6) is 11.5 Å². The molecule has 0 bridgehead atoms. The zero-order chi connectivity index (χ0) is 14.4. The maximum absolute atomic E-state index is 9.18. The van der Waals surface area contributed by atoms with E-state index >= 15 is 0 Å². The standard InChI is InChI=1S/C15H25NO3/c1-10(9-17)11(2)16-12(3)14-7-6-13(18-4)8-15(14)19-5/h6-8,10-12,16-17H,9H2,1-5H3. The molecular weight excluding hydrogens is 242 g/mol. The number of hydrogen-bond acceptors (Lipinski definition) is 4. The van der Waals surface area contributed by atoms with E-state index in [9.17, 15) is 5.11 Å². The van der Waals surface area contributed by atoms with Gasteiger partial charge in [-0.3, -0.25) is 0 Å². The summed E-state index contributed by atoms with van der Waals surface area (Å²) in [6.45, 7) is 6.37. The summed E-state index contributed by atoms with van der Waals surface area (Å²) in [4.78, 5) is 0. The molecule has 0 amide bonds. The smallest absolute Gasteiger partial charge is 0.127 e. The normalized spacial score (nSPS) is 15.7. The van der Waals surface area contributed by atoms with Gasteiger partial charge in [-0.15, -0.1) is 0 Å². The Morgan fingerprint density at radius 3 is 2.37 bits per heavy atom. The lowest BCUT2D eigenvalue weighted by atomic mass is 10.0. The predicted octanol–water partition coefficient (Wildman–Crippen LogP) is 2.37. The fourth-order valence-electron chi connectivity index (χ4n) is 1.98. The van der Waals surface area contributed by atoms with Gasteiger partial charge in [0.05, 0.1) is 14.2 Å². The molecule has 0 saturated heterocycles. The van der Waals surface area contributed by atoms with Crippen molar-refractivity contribution in [3.8, 4) is 11.5 Å². The number of nitrogens with one attached hydrogen (secondary N) is 1. The molecule has 0 radical (unpaired) electrons. The molecule has 0 spiro atoms. The van der Waals surface area contributed by atoms with Crippen LogP contribution in [0.1, 0.15) is 32.4 Å². The Morgan fingerprint density at radius 1 is 1.16 bits per heavy atom. The third kappa shape index (κ3) is 4.11. The highest BCUT2D eigenvalue weighted by molar-refractivity contribution is 5.42. The lowest BCUT2D eigenvalue weighted by Gasteiger charge is -2.25. The predicted molar refractivity (Wildman–Crippen MR) is 76.8 cm³/mol. The van der Waals surface area contributed by atoms with Crippen LogP contribution in [0, 0.1) is 5.92 Å². The summed E-state index contributed by atoms with van der Waals surface area (Å²) in [7, 11) is 3.30. The molecule has 0 heterocycles. The van der Waals surface area contributed by atoms with Gasteiger partial charge in [-0.2, -0.15) is 0 Å². The molecule has 0 aliphatic heterocycles. The molecule has 2 N–H and O–H groups in total. The molecule has 1 aromatic rings. The van der Waals surface area contributed by atoms with E-state index in [2.05, 4.69) is 19.2 Å². The summed E-state index contributed by atoms with van der Waals surface area (Å²) in [5.41, 5.74) is 1.08. The van der Waals surface area contributed by atoms with Crippen LogP contribution in [-0.4, -0.2) is 32.0 Å². The summed E-state index contributed by atoms with van der Waals surface area (Å²) in [6, 6.07) is 6.19. The second-order valence-corrected chi connectivity index (χ2v) is 4.94. The molecule has 0 saturated carbocycles. The number of aliphatic hydroxyl groups is 1. The zero-order valence-electron chi connectivity index (χ0n) is 12.4. The quantitative estimate of drug-likeness (QED) is 0.796. The van der Waals surface area contributed by atoms with Crippen molar-refractivity contribution in [2.75, 3.05) is 20.8 Å². The molecule has 3 atom stereocenters. The van der Waals surface area contributed by atoms with Gasteiger partial charge in [-0.1, -0.05) is 13.0 Å². The van der Waals surface area contributed by atoms with E-state index in [0.717, 1.165) is 17.1 Å². The number of hydrogen-bond donors (Lipinski definition) is 2. The summed E-state index contributed by atoms with van der Waals surface area (Å²) in [5.74, 6) is 1.81. The molecule has 1 rings (SSSR count). The van der Waals surface area contributed by atoms with Crippen LogP contribution in [0.15, 0.2) is 18.2 Å². The van der Waals surface area contributed by atoms with Crippen molar-refractivity contribution in [1.82, 2.24) is 5.32 Å². The highest BCUT2D eigenvalue weighted by atomic mass is 16.5. The monoisotopic (exact) mass is 267 g/mol. The fourth-order valence-corrected chi connectivity index (χ4v) is 1.98. The lowest BCUT2D eigenvalue weighted by Crippen LogP contribution is -2.35. The fraction of sp³-hybridized carbons (Fsp3) is 0.600. The Hall–Kier alpha value is -1.26. The van der Waals surface area contributed by atoms with Crippen LogP contribution in [0.4, 0.5) is 0 Å². The second kappa shape index (κ2) is 7.36. The summed E-state index contributed by atoms with van der Waals surface area (Å²) in [5, 5.41) is 12.7. The minimum absolute atomic E-state index is 0.143. The first-order valence-corrected chi connectivity index (χ1v) is 6.62. The van der Waals surface area contributed by atoms with E-state index in [4.69, 9.17) is 9.47 Å². The van der Waals surface area contributed by atoms with Gasteiger partial charge < -0.3 is 19.9 Å². The Balaban J connectivity index is 2.84. The number of ether oxygens (including phenoxy) is 2. The van der Waals surface area contributed by atoms with E-state index in [1.165, 1.54) is 0 Å². The summed E-state index contributed by atoms with van der Waals surface area (Å²) < 4.78 is 10.6. The first-order valence-electron chi connectivity index (χ1n) is 6.62. The van der Waals surface area contributed by atoms with Gasteiger partial charge in [0.2, 0.25) is 0 Å². The van der Waals surface area contributed by atoms with Gasteiger partial charge in [0.25, 0.3) is 0 Å². The molecule has 3 unspecified atom stereocenters. The van der Waals surface area contributed by atoms with Crippen LogP contribution in [0.3, 0.4) is 0 Å². The molecule has 4 nitrogen and oxygen atoms in total. The van der Waals surface area contributed by atoms with Gasteiger partial charge in [-0.25, -0.2) is 0 Å². The van der Waals surface area contributed by atoms with Crippen molar-refractivity contribution in [3.05, 3.63) is 23.8 Å². The van der Waals surface area contributed by atoms with E-state index in [0.29, 0.717) is 0 Å². The van der Waals surface area contributed by atoms with Gasteiger partial charge in [0, 0.05) is 30.3 Å². The van der Waals surface area contributed by atoms with Crippen molar-refractivity contribution in [3.63, 3.8) is 0 Å². The Morgan fingerprint density at radius 2 is 1.84 bits per heavy atom. The van der Waals surface area contributed by atoms with Gasteiger partial charge in [0.1, 0.15) is 11.5 Å². The van der Waals surface area contributed by atoms with Crippen molar-refractivity contribution >= 4 is 0 Å². The van der Waals surface area contributed by atoms with Crippen LogP contribution >= 0.6 is 0 Å². The number of aliphatic hydroxyl groups excluding tert-OH is 1. The molecule has 0 aromatic heterocycles. The van der Waals surface area contributed by atoms with E-state index in [1.54, 1.807) is 14.2 Å². The molecule has 0 fully saturated rings. The number of benzene rings is 1. The first kappa shape index (κ1) is 15.8. The second-order valence-electron chi connectivity index (χ2n) is 4.94. The van der Waals surface area contributed by atoms with Crippen LogP contribution in [0.2, 0.25) is 0 Å². The third-order valence-corrected chi connectivity index (χ3v) is 3.56. The number of methoxy groups -OCH3 is 2. The summed E-state index contributed by atoms with van der Waals surface area (Å²) >= 11 is 0. The minimum Gasteiger partial charge on any atom is -0.497 e. The highest BCUT2D eigenvalue weighted by Gasteiger charge is 2.17. The lowest BCUT2D eigenvalue weighted by molar-refractivity contribution is 0.202. The third-order valence-electron chi connectivity index (χ3n) is 3.56. The first-order chi connectivity index (χ1) is 9.03. The van der Waals surface area contributed by atoms with Crippen LogP contribution in [-0.2, 0) is 0 Å². The Bertz CT molecular complexity index is 395. The van der Waals surface area contributed by atoms with Gasteiger partial charge in [0.15, 0.2) is 0 Å². The highest BCUT2D eigenvalue weighted by Crippen LogP contribution is 2.29. The topological polar surface area (TPSA) is 50.7 Å². The molecule has 0 aliphatic carbocycles. The average molecular weight is 267 g/mol. The van der Waals surface area contributed by atoms with Crippen LogP contribution < -0.4 is 14.8 Å². The van der Waals surface area contributed by atoms with Crippen LogP contribution in [0.25, 0.3) is 0 Å². The van der Waals surface area contributed by atoms with Gasteiger partial charge in [-0.05, 0) is 25.8 Å².